The van der Waals surface area contributed by atoms with Gasteiger partial charge in [0.25, 0.3) is 0 Å². The molecule has 0 radical (unpaired) electrons. The number of imidazole rings is 1. The number of nitrogens with zero attached hydrogens (tertiary/aromatic N) is 4. The monoisotopic (exact) mass is 253 g/mol. The Labute approximate surface area is 112 Å². The Morgan fingerprint density at radius 1 is 1.42 bits per heavy atom. The standard InChI is InChI=1S/C14H15N5/c1-4-5-8-19-9-16-12-13(15)17-11(18-14(12)19)7-6-10(2)3/h1,9-10H,5,8H2,2-3H3,(H2,15,17,18). The van der Waals surface area contributed by atoms with E-state index in [0.29, 0.717) is 35.8 Å². The zero-order chi connectivity index (χ0) is 13.8. The molecule has 5 nitrogen and oxygen atoms in total. The van der Waals surface area contributed by atoms with E-state index in [0.717, 1.165) is 0 Å². The number of nitrogen functional groups attached to an aromatic ring is 1. The van der Waals surface area contributed by atoms with Crippen molar-refractivity contribution in [2.24, 2.45) is 5.92 Å². The van der Waals surface area contributed by atoms with Crippen LogP contribution in [0.3, 0.4) is 0 Å². The summed E-state index contributed by atoms with van der Waals surface area (Å²) in [5.74, 6) is 9.54. The van der Waals surface area contributed by atoms with Gasteiger partial charge in [-0.1, -0.05) is 19.8 Å². The van der Waals surface area contributed by atoms with Gasteiger partial charge in [-0.3, -0.25) is 0 Å². The van der Waals surface area contributed by atoms with Crippen LogP contribution in [-0.2, 0) is 6.54 Å². The molecule has 96 valence electrons. The fourth-order valence-corrected chi connectivity index (χ4v) is 1.58. The molecule has 0 unspecified atom stereocenters. The Balaban J connectivity index is 2.48. The molecular weight excluding hydrogens is 238 g/mol. The van der Waals surface area contributed by atoms with Crippen molar-refractivity contribution >= 4 is 17.0 Å². The minimum Gasteiger partial charge on any atom is -0.382 e. The van der Waals surface area contributed by atoms with Crippen LogP contribution in [0.5, 0.6) is 0 Å². The van der Waals surface area contributed by atoms with Crippen molar-refractivity contribution in [3.8, 4) is 24.2 Å². The van der Waals surface area contributed by atoms with E-state index in [9.17, 15) is 0 Å². The van der Waals surface area contributed by atoms with E-state index in [1.165, 1.54) is 0 Å². The summed E-state index contributed by atoms with van der Waals surface area (Å²) < 4.78 is 1.87. The third-order valence-electron chi connectivity index (χ3n) is 2.46. The molecule has 5 heteroatoms. The second-order valence-corrected chi connectivity index (χ2v) is 4.42. The predicted octanol–water partition coefficient (Wildman–Crippen LogP) is 1.44. The lowest BCUT2D eigenvalue weighted by Gasteiger charge is -2.01. The summed E-state index contributed by atoms with van der Waals surface area (Å²) in [6.07, 6.45) is 7.55. The van der Waals surface area contributed by atoms with E-state index in [2.05, 4.69) is 32.7 Å². The van der Waals surface area contributed by atoms with Crippen LogP contribution in [0.25, 0.3) is 11.2 Å². The van der Waals surface area contributed by atoms with Crippen LogP contribution in [0, 0.1) is 30.1 Å². The molecule has 0 aliphatic rings. The van der Waals surface area contributed by atoms with Crippen molar-refractivity contribution in [1.29, 1.82) is 0 Å². The lowest BCUT2D eigenvalue weighted by Crippen LogP contribution is -2.02. The lowest BCUT2D eigenvalue weighted by atomic mass is 10.2. The molecule has 0 aliphatic heterocycles. The highest BCUT2D eigenvalue weighted by atomic mass is 15.1. The van der Waals surface area contributed by atoms with Crippen molar-refractivity contribution in [1.82, 2.24) is 19.5 Å². The van der Waals surface area contributed by atoms with Crippen molar-refractivity contribution in [3.05, 3.63) is 12.2 Å². The number of nitrogens with two attached hydrogens (primary N) is 1. The van der Waals surface area contributed by atoms with E-state index in [1.807, 2.05) is 18.4 Å². The van der Waals surface area contributed by atoms with Gasteiger partial charge in [-0.2, -0.15) is 0 Å². The first-order valence-electron chi connectivity index (χ1n) is 6.05. The van der Waals surface area contributed by atoms with Gasteiger partial charge in [0.05, 0.1) is 6.33 Å². The number of rotatable bonds is 2. The summed E-state index contributed by atoms with van der Waals surface area (Å²) in [5.41, 5.74) is 7.14. The minimum atomic E-state index is 0.256. The molecule has 0 aliphatic carbocycles. The summed E-state index contributed by atoms with van der Waals surface area (Å²) in [7, 11) is 0. The Morgan fingerprint density at radius 2 is 2.21 bits per heavy atom. The molecule has 2 heterocycles. The molecule has 0 saturated heterocycles. The largest absolute Gasteiger partial charge is 0.382 e. The molecule has 0 spiro atoms. The zero-order valence-corrected chi connectivity index (χ0v) is 11.0. The first-order valence-corrected chi connectivity index (χ1v) is 6.05. The molecule has 0 atom stereocenters. The molecule has 2 N–H and O–H groups in total. The summed E-state index contributed by atoms with van der Waals surface area (Å²) >= 11 is 0. The van der Waals surface area contributed by atoms with Crippen LogP contribution in [0.4, 0.5) is 5.82 Å². The van der Waals surface area contributed by atoms with Crippen LogP contribution in [0.2, 0.25) is 0 Å². The number of terminal acetylenes is 1. The van der Waals surface area contributed by atoms with Crippen LogP contribution < -0.4 is 5.73 Å². The van der Waals surface area contributed by atoms with Gasteiger partial charge in [0.2, 0.25) is 5.82 Å². The van der Waals surface area contributed by atoms with E-state index in [-0.39, 0.29) is 5.92 Å². The second kappa shape index (κ2) is 5.41. The van der Waals surface area contributed by atoms with E-state index in [4.69, 9.17) is 12.2 Å². The number of hydrogen-bond acceptors (Lipinski definition) is 4. The number of fused-ring (bicyclic) bond motifs is 1. The SMILES string of the molecule is C#CCCn1cnc2c(N)nc(C#CC(C)C)nc21. The Morgan fingerprint density at radius 3 is 2.89 bits per heavy atom. The molecule has 19 heavy (non-hydrogen) atoms. The average molecular weight is 253 g/mol. The fourth-order valence-electron chi connectivity index (χ4n) is 1.58. The first-order chi connectivity index (χ1) is 9.11. The van der Waals surface area contributed by atoms with E-state index < -0.39 is 0 Å². The van der Waals surface area contributed by atoms with E-state index >= 15 is 0 Å². The quantitative estimate of drug-likeness (QED) is 0.822. The maximum Gasteiger partial charge on any atom is 0.208 e. The highest BCUT2D eigenvalue weighted by molar-refractivity contribution is 5.81. The van der Waals surface area contributed by atoms with Crippen LogP contribution >= 0.6 is 0 Å². The zero-order valence-electron chi connectivity index (χ0n) is 11.0. The molecule has 0 bridgehead atoms. The summed E-state index contributed by atoms with van der Waals surface area (Å²) in [6, 6.07) is 0. The van der Waals surface area contributed by atoms with Gasteiger partial charge in [0.15, 0.2) is 11.5 Å². The molecule has 0 saturated carbocycles. The number of aryl methyl sites for hydroxylation is 1. The third kappa shape index (κ3) is 2.83. The Bertz CT molecular complexity index is 694. The molecule has 2 aromatic rings. The van der Waals surface area contributed by atoms with Gasteiger partial charge < -0.3 is 10.3 Å². The lowest BCUT2D eigenvalue weighted by molar-refractivity contribution is 0.732. The topological polar surface area (TPSA) is 69.6 Å². The van der Waals surface area contributed by atoms with Gasteiger partial charge in [0, 0.05) is 18.9 Å². The maximum atomic E-state index is 5.87. The van der Waals surface area contributed by atoms with Gasteiger partial charge in [-0.05, 0) is 5.92 Å². The summed E-state index contributed by atoms with van der Waals surface area (Å²) in [6.45, 7) is 4.67. The van der Waals surface area contributed by atoms with Crippen molar-refractivity contribution in [2.45, 2.75) is 26.8 Å². The number of aromatic nitrogens is 4. The molecule has 2 aromatic heterocycles. The predicted molar refractivity (Wildman–Crippen MR) is 74.9 cm³/mol. The molecule has 2 rings (SSSR count). The molecule has 0 aromatic carbocycles. The van der Waals surface area contributed by atoms with Crippen LogP contribution in [-0.4, -0.2) is 19.5 Å². The third-order valence-corrected chi connectivity index (χ3v) is 2.46. The minimum absolute atomic E-state index is 0.256. The normalized spacial score (nSPS) is 10.2. The average Bonchev–Trinajstić information content (AvgIpc) is 2.77. The first kappa shape index (κ1) is 12.9. The maximum absolute atomic E-state index is 5.87. The molecule has 0 amide bonds. The van der Waals surface area contributed by atoms with Crippen molar-refractivity contribution in [3.63, 3.8) is 0 Å². The van der Waals surface area contributed by atoms with Crippen LogP contribution in [0.1, 0.15) is 26.1 Å². The molecule has 0 fully saturated rings. The van der Waals surface area contributed by atoms with Gasteiger partial charge in [0.1, 0.15) is 5.52 Å². The second-order valence-electron chi connectivity index (χ2n) is 4.42. The molecular formula is C14H15N5. The van der Waals surface area contributed by atoms with Gasteiger partial charge >= 0.3 is 0 Å². The fraction of sp³-hybridized carbons (Fsp3) is 0.357. The van der Waals surface area contributed by atoms with Gasteiger partial charge in [-0.25, -0.2) is 15.0 Å². The van der Waals surface area contributed by atoms with Crippen molar-refractivity contribution < 1.29 is 0 Å². The van der Waals surface area contributed by atoms with Crippen LogP contribution in [0.15, 0.2) is 6.33 Å². The smallest absolute Gasteiger partial charge is 0.208 e. The van der Waals surface area contributed by atoms with Crippen molar-refractivity contribution in [2.75, 3.05) is 5.73 Å². The Hall–Kier alpha value is -2.53. The Kier molecular flexibility index (Phi) is 3.68. The highest BCUT2D eigenvalue weighted by Gasteiger charge is 2.09. The summed E-state index contributed by atoms with van der Waals surface area (Å²) in [5, 5.41) is 0. The van der Waals surface area contributed by atoms with E-state index in [1.54, 1.807) is 6.33 Å². The van der Waals surface area contributed by atoms with Gasteiger partial charge in [-0.15, -0.1) is 12.3 Å². The highest BCUT2D eigenvalue weighted by Crippen LogP contribution is 2.16. The summed E-state index contributed by atoms with van der Waals surface area (Å²) in [4.78, 5) is 12.7. The number of anilines is 1. The number of hydrogen-bond donors (Lipinski definition) is 1.